The van der Waals surface area contributed by atoms with Crippen LogP contribution in [-0.4, -0.2) is 36.5 Å². The molecule has 8 rings (SSSR count). The zero-order chi connectivity index (χ0) is 27.5. The van der Waals surface area contributed by atoms with Crippen LogP contribution in [0.4, 0.5) is 0 Å². The summed E-state index contributed by atoms with van der Waals surface area (Å²) < 4.78 is 15.6. The smallest absolute Gasteiger partial charge is 0.230 e. The highest BCUT2D eigenvalue weighted by atomic mass is 16.5. The van der Waals surface area contributed by atoms with Crippen molar-refractivity contribution in [3.63, 3.8) is 0 Å². The van der Waals surface area contributed by atoms with Crippen LogP contribution in [0.1, 0.15) is 28.3 Å². The lowest BCUT2D eigenvalue weighted by Gasteiger charge is -2.26. The first-order valence-electron chi connectivity index (χ1n) is 13.4. The summed E-state index contributed by atoms with van der Waals surface area (Å²) in [5.41, 5.74) is 6.30. The lowest BCUT2D eigenvalue weighted by Crippen LogP contribution is -2.16. The van der Waals surface area contributed by atoms with E-state index in [9.17, 15) is 0 Å². The lowest BCUT2D eigenvalue weighted by molar-refractivity contribution is 0.402. The Bertz CT molecular complexity index is 2070. The molecule has 1 atom stereocenters. The highest BCUT2D eigenvalue weighted by molar-refractivity contribution is 5.95. The molecule has 8 nitrogen and oxygen atoms in total. The van der Waals surface area contributed by atoms with Crippen LogP contribution in [0.3, 0.4) is 0 Å². The molecule has 0 radical (unpaired) electrons. The maximum absolute atomic E-state index is 6.56. The zero-order valence-electron chi connectivity index (χ0n) is 22.4. The third-order valence-electron chi connectivity index (χ3n) is 7.70. The highest BCUT2D eigenvalue weighted by Gasteiger charge is 2.38. The van der Waals surface area contributed by atoms with Gasteiger partial charge in [-0.1, -0.05) is 72.8 Å². The third-order valence-corrected chi connectivity index (χ3v) is 7.70. The average Bonchev–Trinajstić information content (AvgIpc) is 3.61. The van der Waals surface area contributed by atoms with Crippen LogP contribution in [0.15, 0.2) is 103 Å². The number of aryl methyl sites for hydroxylation is 1. The van der Waals surface area contributed by atoms with Crippen molar-refractivity contribution in [3.05, 3.63) is 126 Å². The van der Waals surface area contributed by atoms with Gasteiger partial charge in [0.2, 0.25) is 11.8 Å². The second kappa shape index (κ2) is 9.02. The van der Waals surface area contributed by atoms with E-state index in [1.165, 1.54) is 0 Å². The molecule has 0 N–H and O–H groups in total. The van der Waals surface area contributed by atoms with Crippen molar-refractivity contribution in [2.24, 2.45) is 0 Å². The Labute approximate surface area is 235 Å². The minimum absolute atomic E-state index is 0.238. The van der Waals surface area contributed by atoms with E-state index in [1.807, 2.05) is 72.3 Å². The van der Waals surface area contributed by atoms with E-state index in [0.717, 1.165) is 50.2 Å². The highest BCUT2D eigenvalue weighted by Crippen LogP contribution is 2.50. The molecule has 0 aliphatic carbocycles. The van der Waals surface area contributed by atoms with Crippen LogP contribution in [0.25, 0.3) is 33.5 Å². The first-order valence-corrected chi connectivity index (χ1v) is 13.4. The molecule has 7 aromatic rings. The summed E-state index contributed by atoms with van der Waals surface area (Å²) in [4.78, 5) is 9.84. The Morgan fingerprint density at radius 3 is 2.41 bits per heavy atom. The molecule has 0 unspecified atom stereocenters. The van der Waals surface area contributed by atoms with Gasteiger partial charge in [-0.15, -0.1) is 5.10 Å². The van der Waals surface area contributed by atoms with E-state index in [0.29, 0.717) is 23.2 Å². The number of nitrogens with zero attached hydrogens (tertiary/aromatic N) is 6. The zero-order valence-corrected chi connectivity index (χ0v) is 22.4. The van der Waals surface area contributed by atoms with Gasteiger partial charge in [0.05, 0.1) is 35.5 Å². The van der Waals surface area contributed by atoms with Crippen LogP contribution >= 0.6 is 0 Å². The number of hydrogen-bond acceptors (Lipinski definition) is 6. The number of ether oxygens (including phenoxy) is 2. The average molecular weight is 537 g/mol. The molecule has 41 heavy (non-hydrogen) atoms. The maximum atomic E-state index is 6.56. The van der Waals surface area contributed by atoms with Crippen LogP contribution in [0.5, 0.6) is 17.5 Å². The fourth-order valence-corrected chi connectivity index (χ4v) is 5.79. The Hall–Kier alpha value is -5.50. The standard InChI is InChI=1S/C33H24N6O2/c1-20-27-28(22-15-17-24(40-2)18-16-22)29-31-35-30(26-14-8-10-21-9-6-7-13-25(21)26)37-38(31)19-34-32(29)41-33(27)39(36-20)23-11-4-3-5-12-23/h3-19,28H,1-2H3/t28-/m0/s1. The second-order valence-electron chi connectivity index (χ2n) is 10.1. The van der Waals surface area contributed by atoms with Crippen LogP contribution in [0, 0.1) is 6.92 Å². The van der Waals surface area contributed by atoms with Gasteiger partial charge in [0.15, 0.2) is 11.5 Å². The summed E-state index contributed by atoms with van der Waals surface area (Å²) in [6, 6.07) is 32.5. The van der Waals surface area contributed by atoms with Gasteiger partial charge < -0.3 is 9.47 Å². The van der Waals surface area contributed by atoms with Crippen molar-refractivity contribution in [2.75, 3.05) is 7.11 Å². The fraction of sp³-hybridized carbons (Fsp3) is 0.0909. The van der Waals surface area contributed by atoms with E-state index in [2.05, 4.69) is 36.4 Å². The predicted molar refractivity (Wildman–Crippen MR) is 156 cm³/mol. The number of rotatable bonds is 4. The second-order valence-corrected chi connectivity index (χ2v) is 10.1. The van der Waals surface area contributed by atoms with Crippen LogP contribution in [-0.2, 0) is 0 Å². The predicted octanol–water partition coefficient (Wildman–Crippen LogP) is 6.73. The minimum atomic E-state index is -0.238. The van der Waals surface area contributed by atoms with E-state index in [-0.39, 0.29) is 5.92 Å². The molecule has 0 saturated heterocycles. The van der Waals surface area contributed by atoms with Gasteiger partial charge in [-0.05, 0) is 47.5 Å². The Morgan fingerprint density at radius 1 is 0.805 bits per heavy atom. The molecular weight excluding hydrogens is 512 g/mol. The normalized spacial score (nSPS) is 14.0. The molecule has 0 bridgehead atoms. The first-order chi connectivity index (χ1) is 20.2. The van der Waals surface area contributed by atoms with Crippen LogP contribution < -0.4 is 9.47 Å². The van der Waals surface area contributed by atoms with Gasteiger partial charge in [-0.3, -0.25) is 0 Å². The third kappa shape index (κ3) is 3.61. The van der Waals surface area contributed by atoms with Gasteiger partial charge >= 0.3 is 0 Å². The van der Waals surface area contributed by atoms with Crippen molar-refractivity contribution in [1.82, 2.24) is 29.4 Å². The molecule has 3 aromatic heterocycles. The first kappa shape index (κ1) is 23.4. The Kier molecular flexibility index (Phi) is 5.15. The molecule has 0 spiro atoms. The van der Waals surface area contributed by atoms with Gasteiger partial charge in [0.25, 0.3) is 0 Å². The molecule has 4 aromatic carbocycles. The molecule has 198 valence electrons. The van der Waals surface area contributed by atoms with Crippen molar-refractivity contribution in [1.29, 1.82) is 0 Å². The number of hydrogen-bond donors (Lipinski definition) is 0. The minimum Gasteiger partial charge on any atom is -0.497 e. The maximum Gasteiger partial charge on any atom is 0.230 e. The largest absolute Gasteiger partial charge is 0.497 e. The van der Waals surface area contributed by atoms with Gasteiger partial charge in [0.1, 0.15) is 12.1 Å². The summed E-state index contributed by atoms with van der Waals surface area (Å²) in [5.74, 6) is 2.31. The van der Waals surface area contributed by atoms with Gasteiger partial charge in [-0.2, -0.15) is 5.10 Å². The van der Waals surface area contributed by atoms with Crippen molar-refractivity contribution >= 4 is 16.4 Å². The summed E-state index contributed by atoms with van der Waals surface area (Å²) >= 11 is 0. The molecule has 0 amide bonds. The van der Waals surface area contributed by atoms with Gasteiger partial charge in [0, 0.05) is 5.56 Å². The van der Waals surface area contributed by atoms with Gasteiger partial charge in [-0.25, -0.2) is 19.2 Å². The molecular formula is C33H24N6O2. The van der Waals surface area contributed by atoms with Crippen LogP contribution in [0.2, 0.25) is 0 Å². The summed E-state index contributed by atoms with van der Waals surface area (Å²) in [7, 11) is 1.67. The Morgan fingerprint density at radius 2 is 1.59 bits per heavy atom. The van der Waals surface area contributed by atoms with E-state index < -0.39 is 0 Å². The number of aromatic nitrogens is 6. The van der Waals surface area contributed by atoms with Crippen molar-refractivity contribution in [3.8, 4) is 34.6 Å². The molecule has 1 aliphatic heterocycles. The summed E-state index contributed by atoms with van der Waals surface area (Å²) in [6.07, 6.45) is 1.67. The van der Waals surface area contributed by atoms with Crippen molar-refractivity contribution < 1.29 is 9.47 Å². The molecule has 0 fully saturated rings. The number of para-hydroxylation sites is 1. The molecule has 4 heterocycles. The fourth-order valence-electron chi connectivity index (χ4n) is 5.79. The van der Waals surface area contributed by atoms with Crippen molar-refractivity contribution in [2.45, 2.75) is 12.8 Å². The number of benzene rings is 4. The quantitative estimate of drug-likeness (QED) is 0.248. The van der Waals surface area contributed by atoms with E-state index in [1.54, 1.807) is 18.0 Å². The molecule has 0 saturated carbocycles. The van der Waals surface area contributed by atoms with E-state index >= 15 is 0 Å². The number of fused-ring (bicyclic) bond motifs is 5. The summed E-state index contributed by atoms with van der Waals surface area (Å²) in [5, 5.41) is 12.0. The molecule has 1 aliphatic rings. The topological polar surface area (TPSA) is 79.4 Å². The Balaban J connectivity index is 1.38. The monoisotopic (exact) mass is 536 g/mol. The lowest BCUT2D eigenvalue weighted by atomic mass is 9.84. The number of methoxy groups -OCH3 is 1. The van der Waals surface area contributed by atoms with E-state index in [4.69, 9.17) is 29.6 Å². The molecule has 8 heteroatoms. The SMILES string of the molecule is COc1ccc([C@H]2c3c(C)nn(-c4ccccc4)c3Oc3ncn4nc(-c5cccc6ccccc56)nc4c32)cc1. The summed E-state index contributed by atoms with van der Waals surface area (Å²) in [6.45, 7) is 2.02.